The lowest BCUT2D eigenvalue weighted by Crippen LogP contribution is -2.55. The van der Waals surface area contributed by atoms with Crippen LogP contribution in [0, 0.1) is 5.92 Å². The molecule has 0 saturated carbocycles. The molecule has 0 aliphatic heterocycles. The Balaban J connectivity index is 2.05. The van der Waals surface area contributed by atoms with E-state index in [0.29, 0.717) is 24.5 Å². The van der Waals surface area contributed by atoms with Gasteiger partial charge in [0, 0.05) is 30.1 Å². The van der Waals surface area contributed by atoms with E-state index < -0.39 is 5.54 Å². The summed E-state index contributed by atoms with van der Waals surface area (Å²) in [5.74, 6) is 0.727. The number of aromatic nitrogens is 1. The maximum atomic E-state index is 12.5. The second-order valence-electron chi connectivity index (χ2n) is 6.41. The van der Waals surface area contributed by atoms with Crippen LogP contribution in [0.2, 0.25) is 0 Å². The molecule has 0 spiro atoms. The monoisotopic (exact) mass is 327 g/mol. The maximum absolute atomic E-state index is 12.5. The first-order chi connectivity index (χ1) is 11.4. The number of nitrogens with zero attached hydrogens (tertiary/aromatic N) is 1. The summed E-state index contributed by atoms with van der Waals surface area (Å²) in [5, 5.41) is 3.03. The molecule has 0 aliphatic carbocycles. The Morgan fingerprint density at radius 3 is 2.75 bits per heavy atom. The van der Waals surface area contributed by atoms with Gasteiger partial charge in [-0.2, -0.15) is 0 Å². The van der Waals surface area contributed by atoms with E-state index in [0.717, 1.165) is 5.56 Å². The lowest BCUT2D eigenvalue weighted by Gasteiger charge is -2.33. The van der Waals surface area contributed by atoms with Gasteiger partial charge in [-0.05, 0) is 37.1 Å². The number of rotatable bonds is 7. The number of pyridine rings is 1. The molecule has 1 heterocycles. The van der Waals surface area contributed by atoms with Crippen molar-refractivity contribution in [1.82, 2.24) is 10.3 Å². The molecule has 5 nitrogen and oxygen atoms in total. The number of carbonyl (C=O) groups is 1. The number of amides is 1. The highest BCUT2D eigenvalue weighted by atomic mass is 16.5. The molecule has 0 bridgehead atoms. The van der Waals surface area contributed by atoms with Crippen LogP contribution in [-0.4, -0.2) is 23.0 Å². The first-order valence-electron chi connectivity index (χ1n) is 8.09. The number of ether oxygens (including phenoxy) is 1. The molecule has 0 fully saturated rings. The first-order valence-corrected chi connectivity index (χ1v) is 8.09. The van der Waals surface area contributed by atoms with Crippen molar-refractivity contribution < 1.29 is 9.53 Å². The van der Waals surface area contributed by atoms with Crippen LogP contribution >= 0.6 is 0 Å². The van der Waals surface area contributed by atoms with Crippen LogP contribution in [0.1, 0.15) is 36.7 Å². The highest BCUT2D eigenvalue weighted by molar-refractivity contribution is 5.95. The minimum absolute atomic E-state index is 0.150. The van der Waals surface area contributed by atoms with Gasteiger partial charge in [0.25, 0.3) is 5.91 Å². The molecule has 5 heteroatoms. The summed E-state index contributed by atoms with van der Waals surface area (Å²) in [7, 11) is 0. The summed E-state index contributed by atoms with van der Waals surface area (Å²) in [6.07, 6.45) is 3.48. The molecule has 1 unspecified atom stereocenters. The largest absolute Gasteiger partial charge is 0.489 e. The average Bonchev–Trinajstić information content (AvgIpc) is 2.60. The normalized spacial score (nSPS) is 13.4. The van der Waals surface area contributed by atoms with Gasteiger partial charge in [0.1, 0.15) is 12.4 Å². The minimum Gasteiger partial charge on any atom is -0.489 e. The van der Waals surface area contributed by atoms with E-state index in [1.165, 1.54) is 0 Å². The summed E-state index contributed by atoms with van der Waals surface area (Å²) in [4.78, 5) is 16.6. The average molecular weight is 327 g/mol. The molecule has 0 aliphatic rings. The fourth-order valence-corrected chi connectivity index (χ4v) is 2.14. The predicted octanol–water partition coefficient (Wildman–Crippen LogP) is 2.76. The van der Waals surface area contributed by atoms with Crippen molar-refractivity contribution in [1.29, 1.82) is 0 Å². The Kier molecular flexibility index (Phi) is 5.93. The molecule has 2 aromatic rings. The summed E-state index contributed by atoms with van der Waals surface area (Å²) in [5.41, 5.74) is 6.92. The van der Waals surface area contributed by atoms with Crippen molar-refractivity contribution >= 4 is 5.91 Å². The van der Waals surface area contributed by atoms with E-state index in [4.69, 9.17) is 10.5 Å². The predicted molar refractivity (Wildman–Crippen MR) is 94.8 cm³/mol. The Labute approximate surface area is 143 Å². The number of benzene rings is 1. The Morgan fingerprint density at radius 1 is 1.33 bits per heavy atom. The van der Waals surface area contributed by atoms with Crippen molar-refractivity contribution in [3.63, 3.8) is 0 Å². The zero-order valence-corrected chi connectivity index (χ0v) is 14.5. The van der Waals surface area contributed by atoms with Gasteiger partial charge < -0.3 is 15.8 Å². The van der Waals surface area contributed by atoms with Crippen molar-refractivity contribution in [3.8, 4) is 5.75 Å². The lowest BCUT2D eigenvalue weighted by atomic mass is 9.88. The molecule has 1 aromatic carbocycles. The fraction of sp³-hybridized carbons (Fsp3) is 0.368. The molecule has 2 rings (SSSR count). The van der Waals surface area contributed by atoms with Crippen LogP contribution in [0.15, 0.2) is 48.8 Å². The number of carbonyl (C=O) groups excluding carboxylic acids is 1. The molecule has 0 radical (unpaired) electrons. The number of hydrogen-bond donors (Lipinski definition) is 2. The van der Waals surface area contributed by atoms with E-state index in [9.17, 15) is 4.79 Å². The van der Waals surface area contributed by atoms with Gasteiger partial charge in [-0.25, -0.2) is 0 Å². The number of nitrogens with one attached hydrogen (secondary N) is 1. The van der Waals surface area contributed by atoms with Crippen molar-refractivity contribution in [2.24, 2.45) is 11.7 Å². The molecule has 0 saturated heterocycles. The molecule has 1 aromatic heterocycles. The van der Waals surface area contributed by atoms with E-state index in [1.807, 2.05) is 45.0 Å². The smallest absolute Gasteiger partial charge is 0.251 e. The third-order valence-corrected chi connectivity index (χ3v) is 4.32. The standard InChI is InChI=1S/C19H25N3O2/c1-14(2)19(3,13-20)22-18(23)16-7-4-8-17(10-16)24-12-15-6-5-9-21-11-15/h4-11,14H,12-13,20H2,1-3H3,(H,22,23). The Morgan fingerprint density at radius 2 is 2.12 bits per heavy atom. The Bertz CT molecular complexity index is 673. The summed E-state index contributed by atoms with van der Waals surface area (Å²) >= 11 is 0. The molecule has 3 N–H and O–H groups in total. The highest BCUT2D eigenvalue weighted by Crippen LogP contribution is 2.18. The quantitative estimate of drug-likeness (QED) is 0.820. The molecular formula is C19H25N3O2. The van der Waals surface area contributed by atoms with Gasteiger partial charge in [0.15, 0.2) is 0 Å². The lowest BCUT2D eigenvalue weighted by molar-refractivity contribution is 0.0882. The SMILES string of the molecule is CC(C)C(C)(CN)NC(=O)c1cccc(OCc2cccnc2)c1. The van der Waals surface area contributed by atoms with Gasteiger partial charge in [-0.3, -0.25) is 9.78 Å². The maximum Gasteiger partial charge on any atom is 0.251 e. The van der Waals surface area contributed by atoms with Gasteiger partial charge in [0.05, 0.1) is 5.54 Å². The third-order valence-electron chi connectivity index (χ3n) is 4.32. The number of nitrogens with two attached hydrogens (primary N) is 1. The van der Waals surface area contributed by atoms with Gasteiger partial charge >= 0.3 is 0 Å². The van der Waals surface area contributed by atoms with Crippen LogP contribution in [-0.2, 0) is 6.61 Å². The van der Waals surface area contributed by atoms with Crippen LogP contribution in [0.25, 0.3) is 0 Å². The molecule has 1 amide bonds. The van der Waals surface area contributed by atoms with Crippen molar-refractivity contribution in [3.05, 3.63) is 59.9 Å². The molecule has 24 heavy (non-hydrogen) atoms. The minimum atomic E-state index is -0.441. The van der Waals surface area contributed by atoms with E-state index >= 15 is 0 Å². The van der Waals surface area contributed by atoms with Gasteiger partial charge in [0.2, 0.25) is 0 Å². The Hall–Kier alpha value is -2.40. The van der Waals surface area contributed by atoms with Crippen molar-refractivity contribution in [2.45, 2.75) is 32.9 Å². The molecular weight excluding hydrogens is 302 g/mol. The van der Waals surface area contributed by atoms with E-state index in [2.05, 4.69) is 10.3 Å². The van der Waals surface area contributed by atoms with Crippen LogP contribution in [0.5, 0.6) is 5.75 Å². The third kappa shape index (κ3) is 4.55. The van der Waals surface area contributed by atoms with Crippen LogP contribution < -0.4 is 15.8 Å². The van der Waals surface area contributed by atoms with E-state index in [1.54, 1.807) is 24.5 Å². The zero-order valence-electron chi connectivity index (χ0n) is 14.5. The number of hydrogen-bond acceptors (Lipinski definition) is 4. The fourth-order valence-electron chi connectivity index (χ4n) is 2.14. The van der Waals surface area contributed by atoms with Crippen molar-refractivity contribution in [2.75, 3.05) is 6.54 Å². The summed E-state index contributed by atoms with van der Waals surface area (Å²) in [6.45, 7) is 6.83. The topological polar surface area (TPSA) is 77.2 Å². The van der Waals surface area contributed by atoms with Crippen LogP contribution in [0.4, 0.5) is 0 Å². The highest BCUT2D eigenvalue weighted by Gasteiger charge is 2.28. The first kappa shape index (κ1) is 17.9. The second-order valence-corrected chi connectivity index (χ2v) is 6.41. The summed E-state index contributed by atoms with van der Waals surface area (Å²) in [6, 6.07) is 11.0. The van der Waals surface area contributed by atoms with E-state index in [-0.39, 0.29) is 11.8 Å². The second kappa shape index (κ2) is 7.93. The molecule has 1 atom stereocenters. The zero-order chi connectivity index (χ0) is 17.6. The van der Waals surface area contributed by atoms with Gasteiger partial charge in [-0.15, -0.1) is 0 Å². The van der Waals surface area contributed by atoms with Crippen LogP contribution in [0.3, 0.4) is 0 Å². The summed E-state index contributed by atoms with van der Waals surface area (Å²) < 4.78 is 5.74. The van der Waals surface area contributed by atoms with Gasteiger partial charge in [-0.1, -0.05) is 26.0 Å². The molecule has 128 valence electrons.